The van der Waals surface area contributed by atoms with Gasteiger partial charge in [-0.05, 0) is 36.1 Å². The van der Waals surface area contributed by atoms with E-state index >= 15 is 0 Å². The van der Waals surface area contributed by atoms with Crippen molar-refractivity contribution in [3.05, 3.63) is 48.0 Å². The van der Waals surface area contributed by atoms with Crippen molar-refractivity contribution in [2.24, 2.45) is 0 Å². The van der Waals surface area contributed by atoms with Gasteiger partial charge in [-0.1, -0.05) is 50.1 Å². The Balaban J connectivity index is 2.38. The largest absolute Gasteiger partial charge is 0.496 e. The van der Waals surface area contributed by atoms with Gasteiger partial charge in [0.2, 0.25) is 0 Å². The summed E-state index contributed by atoms with van der Waals surface area (Å²) in [5, 5.41) is 0. The first-order valence-electron chi connectivity index (χ1n) is 7.60. The fourth-order valence-electron chi connectivity index (χ4n) is 2.58. The molecule has 0 bridgehead atoms. The third kappa shape index (κ3) is 3.78. The Morgan fingerprint density at radius 3 is 1.95 bits per heavy atom. The molecule has 2 aromatic carbocycles. The molecule has 0 unspecified atom stereocenters. The lowest BCUT2D eigenvalue weighted by Gasteiger charge is -2.15. The van der Waals surface area contributed by atoms with Crippen molar-refractivity contribution in [2.45, 2.75) is 32.6 Å². The van der Waals surface area contributed by atoms with Crippen LogP contribution in [0.2, 0.25) is 0 Å². The third-order valence-electron chi connectivity index (χ3n) is 3.75. The first-order valence-corrected chi connectivity index (χ1v) is 7.60. The van der Waals surface area contributed by atoms with E-state index in [1.54, 1.807) is 14.2 Å². The summed E-state index contributed by atoms with van der Waals surface area (Å²) in [6, 6.07) is 14.5. The maximum atomic E-state index is 5.60. The van der Waals surface area contributed by atoms with Crippen molar-refractivity contribution in [2.75, 3.05) is 14.2 Å². The molecule has 0 fully saturated rings. The molecule has 0 saturated carbocycles. The number of benzene rings is 2. The van der Waals surface area contributed by atoms with Gasteiger partial charge in [-0.15, -0.1) is 0 Å². The minimum atomic E-state index is 0.921. The van der Waals surface area contributed by atoms with Crippen molar-refractivity contribution in [1.29, 1.82) is 0 Å². The van der Waals surface area contributed by atoms with Crippen LogP contribution < -0.4 is 9.47 Å². The lowest BCUT2D eigenvalue weighted by atomic mass is 9.99. The van der Waals surface area contributed by atoms with Gasteiger partial charge in [-0.2, -0.15) is 0 Å². The molecule has 0 amide bonds. The van der Waals surface area contributed by atoms with Crippen molar-refractivity contribution < 1.29 is 9.47 Å². The maximum absolute atomic E-state index is 5.60. The van der Waals surface area contributed by atoms with Crippen LogP contribution in [0.25, 0.3) is 11.1 Å². The van der Waals surface area contributed by atoms with E-state index in [-0.39, 0.29) is 0 Å². The third-order valence-corrected chi connectivity index (χ3v) is 3.75. The number of hydrogen-bond acceptors (Lipinski definition) is 2. The molecule has 0 radical (unpaired) electrons. The number of methoxy groups -OCH3 is 2. The quantitative estimate of drug-likeness (QED) is 0.658. The highest BCUT2D eigenvalue weighted by Crippen LogP contribution is 2.36. The molecular weight excluding hydrogens is 260 g/mol. The van der Waals surface area contributed by atoms with E-state index in [1.165, 1.54) is 24.0 Å². The lowest BCUT2D eigenvalue weighted by Crippen LogP contribution is -1.98. The van der Waals surface area contributed by atoms with E-state index in [4.69, 9.17) is 9.47 Å². The summed E-state index contributed by atoms with van der Waals surface area (Å²) < 4.78 is 11.2. The average molecular weight is 284 g/mol. The molecule has 0 atom stereocenters. The van der Waals surface area contributed by atoms with Crippen LogP contribution in [0.3, 0.4) is 0 Å². The molecule has 0 aromatic heterocycles. The van der Waals surface area contributed by atoms with Gasteiger partial charge in [0.1, 0.15) is 11.5 Å². The van der Waals surface area contributed by atoms with Gasteiger partial charge in [-0.3, -0.25) is 0 Å². The van der Waals surface area contributed by atoms with E-state index in [0.717, 1.165) is 29.9 Å². The molecule has 2 aromatic rings. The molecule has 2 heteroatoms. The highest BCUT2D eigenvalue weighted by atomic mass is 16.5. The van der Waals surface area contributed by atoms with Crippen LogP contribution in [0.4, 0.5) is 0 Å². The Bertz CT molecular complexity index is 536. The van der Waals surface area contributed by atoms with E-state index in [9.17, 15) is 0 Å². The zero-order valence-corrected chi connectivity index (χ0v) is 13.2. The van der Waals surface area contributed by atoms with Crippen LogP contribution in [0.1, 0.15) is 31.7 Å². The van der Waals surface area contributed by atoms with Crippen molar-refractivity contribution in [3.8, 4) is 22.6 Å². The van der Waals surface area contributed by atoms with Crippen molar-refractivity contribution >= 4 is 0 Å². The molecule has 112 valence electrons. The second-order valence-corrected chi connectivity index (χ2v) is 5.18. The highest BCUT2D eigenvalue weighted by molar-refractivity contribution is 5.69. The topological polar surface area (TPSA) is 18.5 Å². The molecule has 0 spiro atoms. The Labute approximate surface area is 127 Å². The van der Waals surface area contributed by atoms with Gasteiger partial charge in [0, 0.05) is 5.56 Å². The number of ether oxygens (including phenoxy) is 2. The summed E-state index contributed by atoms with van der Waals surface area (Å²) in [5.41, 5.74) is 3.48. The molecular formula is C19H24O2. The van der Waals surface area contributed by atoms with Crippen LogP contribution in [0, 0.1) is 0 Å². The zero-order chi connectivity index (χ0) is 15.1. The van der Waals surface area contributed by atoms with E-state index in [0.29, 0.717) is 0 Å². The average Bonchev–Trinajstić information content (AvgIpc) is 2.55. The Morgan fingerprint density at radius 1 is 0.810 bits per heavy atom. The molecule has 21 heavy (non-hydrogen) atoms. The number of unbranched alkanes of at least 4 members (excludes halogenated alkanes) is 2. The predicted octanol–water partition coefficient (Wildman–Crippen LogP) is 5.10. The van der Waals surface area contributed by atoms with Crippen molar-refractivity contribution in [1.82, 2.24) is 0 Å². The van der Waals surface area contributed by atoms with Crippen LogP contribution in [0.15, 0.2) is 42.5 Å². The Kier molecular flexibility index (Phi) is 5.68. The molecule has 2 nitrogen and oxygen atoms in total. The SMILES string of the molecule is CCCCCc1c(OC)cc(-c2ccccc2)cc1OC. The van der Waals surface area contributed by atoms with E-state index in [2.05, 4.69) is 31.2 Å². The highest BCUT2D eigenvalue weighted by Gasteiger charge is 2.13. The predicted molar refractivity (Wildman–Crippen MR) is 88.2 cm³/mol. The molecule has 0 aliphatic carbocycles. The summed E-state index contributed by atoms with van der Waals surface area (Å²) in [6.07, 6.45) is 4.60. The summed E-state index contributed by atoms with van der Waals surface area (Å²) in [5.74, 6) is 1.84. The molecule has 0 N–H and O–H groups in total. The van der Waals surface area contributed by atoms with Gasteiger partial charge in [0.05, 0.1) is 14.2 Å². The molecule has 0 aliphatic heterocycles. The normalized spacial score (nSPS) is 10.4. The van der Waals surface area contributed by atoms with Crippen LogP contribution >= 0.6 is 0 Å². The smallest absolute Gasteiger partial charge is 0.126 e. The van der Waals surface area contributed by atoms with Gasteiger partial charge in [-0.25, -0.2) is 0 Å². The first kappa shape index (κ1) is 15.4. The second-order valence-electron chi connectivity index (χ2n) is 5.18. The first-order chi connectivity index (χ1) is 10.3. The number of hydrogen-bond donors (Lipinski definition) is 0. The fourth-order valence-corrected chi connectivity index (χ4v) is 2.58. The fraction of sp³-hybridized carbons (Fsp3) is 0.368. The van der Waals surface area contributed by atoms with Gasteiger partial charge >= 0.3 is 0 Å². The van der Waals surface area contributed by atoms with Gasteiger partial charge in [0.15, 0.2) is 0 Å². The van der Waals surface area contributed by atoms with Crippen LogP contribution in [-0.4, -0.2) is 14.2 Å². The van der Waals surface area contributed by atoms with E-state index < -0.39 is 0 Å². The summed E-state index contributed by atoms with van der Waals surface area (Å²) >= 11 is 0. The van der Waals surface area contributed by atoms with Crippen molar-refractivity contribution in [3.63, 3.8) is 0 Å². The number of rotatable bonds is 7. The van der Waals surface area contributed by atoms with Gasteiger partial charge in [0.25, 0.3) is 0 Å². The lowest BCUT2D eigenvalue weighted by molar-refractivity contribution is 0.384. The molecule has 0 aliphatic rings. The summed E-state index contributed by atoms with van der Waals surface area (Å²) in [7, 11) is 3.46. The standard InChI is InChI=1S/C19H24O2/c1-4-5-7-12-17-18(20-2)13-16(14-19(17)21-3)15-10-8-6-9-11-15/h6,8-11,13-14H,4-5,7,12H2,1-3H3. The summed E-state index contributed by atoms with van der Waals surface area (Å²) in [6.45, 7) is 2.22. The minimum absolute atomic E-state index is 0.921. The monoisotopic (exact) mass is 284 g/mol. The molecule has 0 saturated heterocycles. The Hall–Kier alpha value is -1.96. The van der Waals surface area contributed by atoms with E-state index in [1.807, 2.05) is 18.2 Å². The zero-order valence-electron chi connectivity index (χ0n) is 13.2. The molecule has 2 rings (SSSR count). The van der Waals surface area contributed by atoms with Crippen LogP contribution in [0.5, 0.6) is 11.5 Å². The second kappa shape index (κ2) is 7.72. The Morgan fingerprint density at radius 2 is 1.43 bits per heavy atom. The summed E-state index contributed by atoms with van der Waals surface area (Å²) in [4.78, 5) is 0. The maximum Gasteiger partial charge on any atom is 0.126 e. The van der Waals surface area contributed by atoms with Gasteiger partial charge < -0.3 is 9.47 Å². The van der Waals surface area contributed by atoms with Crippen LogP contribution in [-0.2, 0) is 6.42 Å². The minimum Gasteiger partial charge on any atom is -0.496 e. The molecule has 0 heterocycles.